The molecule has 1 aromatic heterocycles. The Morgan fingerprint density at radius 1 is 0.929 bits per heavy atom. The summed E-state index contributed by atoms with van der Waals surface area (Å²) in [6, 6.07) is 13.8. The highest BCUT2D eigenvalue weighted by Crippen LogP contribution is 2.31. The lowest BCUT2D eigenvalue weighted by molar-refractivity contribution is 0.630. The zero-order valence-corrected chi connectivity index (χ0v) is 16.4. The molecule has 0 radical (unpaired) electrons. The number of nitrogens with zero attached hydrogens (tertiary/aromatic N) is 3. The van der Waals surface area contributed by atoms with Crippen molar-refractivity contribution in [3.8, 4) is 28.3 Å². The minimum atomic E-state index is -0.313. The summed E-state index contributed by atoms with van der Waals surface area (Å²) in [5, 5.41) is 8.81. The molecule has 0 aliphatic heterocycles. The molecule has 0 saturated heterocycles. The van der Waals surface area contributed by atoms with Crippen LogP contribution < -0.4 is 0 Å². The summed E-state index contributed by atoms with van der Waals surface area (Å²) in [4.78, 5) is 7.89. The Bertz CT molecular complexity index is 947. The molecule has 0 aliphatic rings. The summed E-state index contributed by atoms with van der Waals surface area (Å²) in [5.74, 6) is -0.236. The van der Waals surface area contributed by atoms with E-state index in [9.17, 15) is 4.39 Å². The molecular weight excluding hydrogens is 349 g/mol. The molecule has 3 nitrogen and oxygen atoms in total. The Labute approximate surface area is 165 Å². The first-order chi connectivity index (χ1) is 13.6. The smallest absolute Gasteiger partial charge is 0.227 e. The van der Waals surface area contributed by atoms with E-state index >= 15 is 0 Å². The standard InChI is InChI=1S/C24H24FN3/c1-3-4-5-6-7-18-8-10-19(11-9-18)20-12-17(2)24(22(25)13-20)21-15-27-23(14-26)28-16-21/h8-13,15-16H,3-7H2,1-2H3. The maximum atomic E-state index is 14.9. The third kappa shape index (κ3) is 4.61. The van der Waals surface area contributed by atoms with E-state index in [1.807, 2.05) is 19.1 Å². The van der Waals surface area contributed by atoms with Crippen LogP contribution >= 0.6 is 0 Å². The average Bonchev–Trinajstić information content (AvgIpc) is 2.71. The fourth-order valence-electron chi connectivity index (χ4n) is 3.41. The Morgan fingerprint density at radius 3 is 2.25 bits per heavy atom. The Balaban J connectivity index is 1.81. The van der Waals surface area contributed by atoms with Gasteiger partial charge in [0.25, 0.3) is 0 Å². The van der Waals surface area contributed by atoms with Gasteiger partial charge in [-0.2, -0.15) is 5.26 Å². The lowest BCUT2D eigenvalue weighted by Gasteiger charge is -2.11. The van der Waals surface area contributed by atoms with Crippen molar-refractivity contribution in [2.24, 2.45) is 0 Å². The van der Waals surface area contributed by atoms with Crippen LogP contribution in [0.5, 0.6) is 0 Å². The monoisotopic (exact) mass is 373 g/mol. The first kappa shape index (κ1) is 19.7. The van der Waals surface area contributed by atoms with Gasteiger partial charge in [-0.1, -0.05) is 56.5 Å². The van der Waals surface area contributed by atoms with Crippen LogP contribution in [-0.2, 0) is 6.42 Å². The zero-order valence-electron chi connectivity index (χ0n) is 16.4. The van der Waals surface area contributed by atoms with Gasteiger partial charge in [-0.05, 0) is 48.1 Å². The quantitative estimate of drug-likeness (QED) is 0.460. The average molecular weight is 373 g/mol. The molecule has 0 aliphatic carbocycles. The van der Waals surface area contributed by atoms with Crippen molar-refractivity contribution in [3.05, 3.63) is 71.6 Å². The predicted molar refractivity (Wildman–Crippen MR) is 110 cm³/mol. The molecule has 0 unspecified atom stereocenters. The van der Waals surface area contributed by atoms with Crippen LogP contribution in [0.3, 0.4) is 0 Å². The Hall–Kier alpha value is -3.06. The second kappa shape index (κ2) is 9.23. The molecule has 0 spiro atoms. The van der Waals surface area contributed by atoms with Gasteiger partial charge < -0.3 is 0 Å². The fourth-order valence-corrected chi connectivity index (χ4v) is 3.41. The number of unbranched alkanes of at least 4 members (excludes halogenated alkanes) is 3. The van der Waals surface area contributed by atoms with E-state index in [0.717, 1.165) is 23.1 Å². The van der Waals surface area contributed by atoms with Crippen LogP contribution in [0, 0.1) is 24.1 Å². The molecule has 4 heteroatoms. The molecule has 0 fully saturated rings. The van der Waals surface area contributed by atoms with E-state index in [1.54, 1.807) is 6.07 Å². The molecule has 0 amide bonds. The number of rotatable bonds is 7. The van der Waals surface area contributed by atoms with Crippen molar-refractivity contribution in [2.45, 2.75) is 46.0 Å². The number of aromatic nitrogens is 2. The van der Waals surface area contributed by atoms with Crippen LogP contribution in [0.1, 0.15) is 49.6 Å². The van der Waals surface area contributed by atoms with Gasteiger partial charge in [0, 0.05) is 23.5 Å². The molecule has 3 aromatic rings. The van der Waals surface area contributed by atoms with E-state index in [0.29, 0.717) is 11.1 Å². The summed E-state index contributed by atoms with van der Waals surface area (Å²) < 4.78 is 14.9. The maximum absolute atomic E-state index is 14.9. The predicted octanol–water partition coefficient (Wildman–Crippen LogP) is 6.25. The first-order valence-corrected chi connectivity index (χ1v) is 9.74. The van der Waals surface area contributed by atoms with Gasteiger partial charge in [-0.15, -0.1) is 0 Å². The lowest BCUT2D eigenvalue weighted by Crippen LogP contribution is -1.95. The van der Waals surface area contributed by atoms with E-state index in [-0.39, 0.29) is 11.6 Å². The second-order valence-corrected chi connectivity index (χ2v) is 7.06. The molecule has 142 valence electrons. The van der Waals surface area contributed by atoms with Crippen LogP contribution in [-0.4, -0.2) is 9.97 Å². The normalized spacial score (nSPS) is 10.6. The van der Waals surface area contributed by atoms with E-state index in [4.69, 9.17) is 5.26 Å². The van der Waals surface area contributed by atoms with Crippen LogP contribution in [0.2, 0.25) is 0 Å². The Kier molecular flexibility index (Phi) is 6.49. The molecule has 0 atom stereocenters. The SMILES string of the molecule is CCCCCCc1ccc(-c2cc(C)c(-c3cnc(C#N)nc3)c(F)c2)cc1. The summed E-state index contributed by atoms with van der Waals surface area (Å²) >= 11 is 0. The number of halogens is 1. The van der Waals surface area contributed by atoms with Gasteiger partial charge in [0.2, 0.25) is 5.82 Å². The van der Waals surface area contributed by atoms with Crippen molar-refractivity contribution >= 4 is 0 Å². The first-order valence-electron chi connectivity index (χ1n) is 9.74. The molecule has 3 rings (SSSR count). The zero-order chi connectivity index (χ0) is 19.9. The lowest BCUT2D eigenvalue weighted by atomic mass is 9.95. The van der Waals surface area contributed by atoms with Gasteiger partial charge in [-0.25, -0.2) is 14.4 Å². The van der Waals surface area contributed by atoms with E-state index in [1.165, 1.54) is 43.6 Å². The number of aryl methyl sites for hydroxylation is 2. The summed E-state index contributed by atoms with van der Waals surface area (Å²) in [5.41, 5.74) is 5.03. The topological polar surface area (TPSA) is 49.6 Å². The highest BCUT2D eigenvalue weighted by Gasteiger charge is 2.12. The van der Waals surface area contributed by atoms with Crippen molar-refractivity contribution in [3.63, 3.8) is 0 Å². The number of benzene rings is 2. The summed E-state index contributed by atoms with van der Waals surface area (Å²) in [7, 11) is 0. The van der Waals surface area contributed by atoms with Gasteiger partial charge in [0.1, 0.15) is 11.9 Å². The molecule has 28 heavy (non-hydrogen) atoms. The van der Waals surface area contributed by atoms with E-state index < -0.39 is 0 Å². The van der Waals surface area contributed by atoms with Gasteiger partial charge in [0.15, 0.2) is 0 Å². The van der Waals surface area contributed by atoms with Crippen molar-refractivity contribution < 1.29 is 4.39 Å². The highest BCUT2D eigenvalue weighted by atomic mass is 19.1. The van der Waals surface area contributed by atoms with Crippen molar-refractivity contribution in [2.75, 3.05) is 0 Å². The summed E-state index contributed by atoms with van der Waals surface area (Å²) in [6.45, 7) is 4.10. The number of nitriles is 1. The number of hydrogen-bond donors (Lipinski definition) is 0. The third-order valence-corrected chi connectivity index (χ3v) is 4.93. The maximum Gasteiger partial charge on any atom is 0.232 e. The molecule has 0 N–H and O–H groups in total. The molecule has 0 bridgehead atoms. The molecule has 0 saturated carbocycles. The highest BCUT2D eigenvalue weighted by molar-refractivity contribution is 5.73. The van der Waals surface area contributed by atoms with Crippen LogP contribution in [0.25, 0.3) is 22.3 Å². The third-order valence-electron chi connectivity index (χ3n) is 4.93. The largest absolute Gasteiger partial charge is 0.232 e. The van der Waals surface area contributed by atoms with Gasteiger partial charge in [0.05, 0.1) is 0 Å². The minimum Gasteiger partial charge on any atom is -0.227 e. The second-order valence-electron chi connectivity index (χ2n) is 7.06. The summed E-state index contributed by atoms with van der Waals surface area (Å²) in [6.07, 6.45) is 9.08. The van der Waals surface area contributed by atoms with Crippen LogP contribution in [0.15, 0.2) is 48.8 Å². The van der Waals surface area contributed by atoms with Crippen LogP contribution in [0.4, 0.5) is 4.39 Å². The molecule has 1 heterocycles. The molecular formula is C24H24FN3. The van der Waals surface area contributed by atoms with Gasteiger partial charge >= 0.3 is 0 Å². The number of hydrogen-bond acceptors (Lipinski definition) is 3. The van der Waals surface area contributed by atoms with E-state index in [2.05, 4.69) is 41.2 Å². The van der Waals surface area contributed by atoms with Crippen molar-refractivity contribution in [1.29, 1.82) is 5.26 Å². The van der Waals surface area contributed by atoms with Crippen molar-refractivity contribution in [1.82, 2.24) is 9.97 Å². The fraction of sp³-hybridized carbons (Fsp3) is 0.292. The Morgan fingerprint density at radius 2 is 1.64 bits per heavy atom. The molecule has 2 aromatic carbocycles. The minimum absolute atomic E-state index is 0.0771. The van der Waals surface area contributed by atoms with Gasteiger partial charge in [-0.3, -0.25) is 0 Å².